The molecule has 0 aliphatic rings. The van der Waals surface area contributed by atoms with Gasteiger partial charge in [0.15, 0.2) is 5.82 Å². The van der Waals surface area contributed by atoms with E-state index in [2.05, 4.69) is 15.0 Å². The van der Waals surface area contributed by atoms with Crippen LogP contribution in [0, 0.1) is 0 Å². The van der Waals surface area contributed by atoms with Crippen LogP contribution in [0.5, 0.6) is 0 Å². The fourth-order valence-electron chi connectivity index (χ4n) is 1.08. The Balaban J connectivity index is 2.56. The highest BCUT2D eigenvalue weighted by molar-refractivity contribution is 4.94. The van der Waals surface area contributed by atoms with Crippen LogP contribution in [0.25, 0.3) is 0 Å². The van der Waals surface area contributed by atoms with Gasteiger partial charge in [0.25, 0.3) is 0 Å². The van der Waals surface area contributed by atoms with Crippen LogP contribution < -0.4 is 0 Å². The van der Waals surface area contributed by atoms with Crippen molar-refractivity contribution in [1.29, 1.82) is 0 Å². The Bertz CT molecular complexity index is 297. The lowest BCUT2D eigenvalue weighted by Gasteiger charge is -2.08. The predicted octanol–water partition coefficient (Wildman–Crippen LogP) is 0.658. The molecule has 0 amide bonds. The fraction of sp³-hybridized carbons (Fsp3) is 0.800. The van der Waals surface area contributed by atoms with Gasteiger partial charge in [-0.25, -0.2) is 0 Å². The van der Waals surface area contributed by atoms with E-state index in [9.17, 15) is 5.11 Å². The van der Waals surface area contributed by atoms with Gasteiger partial charge < -0.3 is 14.5 Å². The van der Waals surface area contributed by atoms with Gasteiger partial charge in [-0.15, -0.1) is 0 Å². The minimum atomic E-state index is -0.466. The molecule has 5 heteroatoms. The standard InChI is InChI=1S/C10H19N3O2/c1-7(8(2)14)10-11-9(12-15-10)5-6-13(3)4/h7-8,14H,5-6H2,1-4H3. The van der Waals surface area contributed by atoms with Crippen molar-refractivity contribution < 1.29 is 9.63 Å². The molecular weight excluding hydrogens is 194 g/mol. The Morgan fingerprint density at radius 1 is 1.40 bits per heavy atom. The quantitative estimate of drug-likeness (QED) is 0.778. The minimum Gasteiger partial charge on any atom is -0.393 e. The Kier molecular flexibility index (Phi) is 4.23. The summed E-state index contributed by atoms with van der Waals surface area (Å²) in [4.78, 5) is 6.30. The van der Waals surface area contributed by atoms with Gasteiger partial charge in [-0.05, 0) is 21.0 Å². The zero-order valence-electron chi connectivity index (χ0n) is 9.77. The normalized spacial score (nSPS) is 15.6. The second-order valence-corrected chi connectivity index (χ2v) is 4.13. The van der Waals surface area contributed by atoms with Crippen LogP contribution in [-0.2, 0) is 6.42 Å². The van der Waals surface area contributed by atoms with Crippen molar-refractivity contribution >= 4 is 0 Å². The van der Waals surface area contributed by atoms with Gasteiger partial charge in [0, 0.05) is 13.0 Å². The third-order valence-corrected chi connectivity index (χ3v) is 2.38. The molecular formula is C10H19N3O2. The number of aliphatic hydroxyl groups excluding tert-OH is 1. The predicted molar refractivity (Wildman–Crippen MR) is 56.7 cm³/mol. The van der Waals surface area contributed by atoms with Crippen molar-refractivity contribution in [3.63, 3.8) is 0 Å². The minimum absolute atomic E-state index is 0.106. The van der Waals surface area contributed by atoms with E-state index in [1.165, 1.54) is 0 Å². The summed E-state index contributed by atoms with van der Waals surface area (Å²) in [6.45, 7) is 4.48. The molecule has 2 unspecified atom stereocenters. The van der Waals surface area contributed by atoms with Gasteiger partial charge >= 0.3 is 0 Å². The van der Waals surface area contributed by atoms with E-state index in [4.69, 9.17) is 4.52 Å². The molecule has 0 saturated heterocycles. The number of likely N-dealkylation sites (N-methyl/N-ethyl adjacent to an activating group) is 1. The first kappa shape index (κ1) is 12.1. The molecule has 0 radical (unpaired) electrons. The molecule has 0 fully saturated rings. The summed E-state index contributed by atoms with van der Waals surface area (Å²) in [7, 11) is 4.00. The maximum atomic E-state index is 9.37. The van der Waals surface area contributed by atoms with E-state index in [0.29, 0.717) is 11.7 Å². The van der Waals surface area contributed by atoms with Crippen LogP contribution in [0.4, 0.5) is 0 Å². The Morgan fingerprint density at radius 2 is 2.07 bits per heavy atom. The van der Waals surface area contributed by atoms with E-state index in [1.807, 2.05) is 21.0 Å². The molecule has 1 heterocycles. The maximum Gasteiger partial charge on any atom is 0.232 e. The lowest BCUT2D eigenvalue weighted by molar-refractivity contribution is 0.151. The first-order valence-electron chi connectivity index (χ1n) is 5.16. The van der Waals surface area contributed by atoms with Crippen molar-refractivity contribution in [2.75, 3.05) is 20.6 Å². The van der Waals surface area contributed by atoms with Gasteiger partial charge in [-0.1, -0.05) is 12.1 Å². The molecule has 0 aliphatic carbocycles. The molecule has 1 aromatic heterocycles. The molecule has 1 N–H and O–H groups in total. The van der Waals surface area contributed by atoms with Crippen molar-refractivity contribution in [3.05, 3.63) is 11.7 Å². The van der Waals surface area contributed by atoms with Crippen molar-refractivity contribution in [2.24, 2.45) is 0 Å². The highest BCUT2D eigenvalue weighted by Crippen LogP contribution is 2.16. The lowest BCUT2D eigenvalue weighted by atomic mass is 10.1. The first-order chi connectivity index (χ1) is 7.00. The Morgan fingerprint density at radius 3 is 2.60 bits per heavy atom. The SMILES string of the molecule is CC(O)C(C)c1nc(CCN(C)C)no1. The van der Waals surface area contributed by atoms with E-state index in [-0.39, 0.29) is 5.92 Å². The largest absolute Gasteiger partial charge is 0.393 e. The summed E-state index contributed by atoms with van der Waals surface area (Å²) in [5, 5.41) is 13.2. The molecule has 1 aromatic rings. The number of aromatic nitrogens is 2. The number of nitrogens with zero attached hydrogens (tertiary/aromatic N) is 3. The van der Waals surface area contributed by atoms with E-state index >= 15 is 0 Å². The molecule has 5 nitrogen and oxygen atoms in total. The van der Waals surface area contributed by atoms with Gasteiger partial charge in [-0.2, -0.15) is 4.98 Å². The number of rotatable bonds is 5. The van der Waals surface area contributed by atoms with Crippen LogP contribution in [0.2, 0.25) is 0 Å². The van der Waals surface area contributed by atoms with Gasteiger partial charge in [-0.3, -0.25) is 0 Å². The molecule has 15 heavy (non-hydrogen) atoms. The second-order valence-electron chi connectivity index (χ2n) is 4.13. The van der Waals surface area contributed by atoms with Crippen LogP contribution in [-0.4, -0.2) is 46.9 Å². The first-order valence-corrected chi connectivity index (χ1v) is 5.16. The zero-order chi connectivity index (χ0) is 11.4. The third-order valence-electron chi connectivity index (χ3n) is 2.38. The van der Waals surface area contributed by atoms with Crippen LogP contribution in [0.1, 0.15) is 31.5 Å². The molecule has 2 atom stereocenters. The van der Waals surface area contributed by atoms with Crippen LogP contribution in [0.15, 0.2) is 4.52 Å². The summed E-state index contributed by atoms with van der Waals surface area (Å²) in [5.74, 6) is 1.11. The summed E-state index contributed by atoms with van der Waals surface area (Å²) in [6, 6.07) is 0. The number of aliphatic hydroxyl groups is 1. The zero-order valence-corrected chi connectivity index (χ0v) is 9.77. The molecule has 0 spiro atoms. The Hall–Kier alpha value is -0.940. The van der Waals surface area contributed by atoms with E-state index in [1.54, 1.807) is 6.92 Å². The molecule has 1 rings (SSSR count). The smallest absolute Gasteiger partial charge is 0.232 e. The van der Waals surface area contributed by atoms with Crippen molar-refractivity contribution in [3.8, 4) is 0 Å². The molecule has 0 bridgehead atoms. The maximum absolute atomic E-state index is 9.37. The Labute approximate surface area is 90.1 Å². The summed E-state index contributed by atoms with van der Waals surface area (Å²) in [6.07, 6.45) is 0.301. The second kappa shape index (κ2) is 5.23. The number of hydrogen-bond donors (Lipinski definition) is 1. The summed E-state index contributed by atoms with van der Waals surface area (Å²) < 4.78 is 5.08. The molecule has 0 saturated carbocycles. The highest BCUT2D eigenvalue weighted by Gasteiger charge is 2.18. The van der Waals surface area contributed by atoms with E-state index in [0.717, 1.165) is 13.0 Å². The molecule has 0 aromatic carbocycles. The average Bonchev–Trinajstić information content (AvgIpc) is 2.61. The molecule has 86 valence electrons. The monoisotopic (exact) mass is 213 g/mol. The lowest BCUT2D eigenvalue weighted by Crippen LogP contribution is -2.16. The number of hydrogen-bond acceptors (Lipinski definition) is 5. The highest BCUT2D eigenvalue weighted by atomic mass is 16.5. The van der Waals surface area contributed by atoms with Gasteiger partial charge in [0.2, 0.25) is 5.89 Å². The van der Waals surface area contributed by atoms with Gasteiger partial charge in [0.05, 0.1) is 12.0 Å². The fourth-order valence-corrected chi connectivity index (χ4v) is 1.08. The topological polar surface area (TPSA) is 62.4 Å². The van der Waals surface area contributed by atoms with Crippen molar-refractivity contribution in [1.82, 2.24) is 15.0 Å². The van der Waals surface area contributed by atoms with Crippen LogP contribution >= 0.6 is 0 Å². The average molecular weight is 213 g/mol. The van der Waals surface area contributed by atoms with E-state index < -0.39 is 6.10 Å². The third kappa shape index (κ3) is 3.60. The van der Waals surface area contributed by atoms with Crippen LogP contribution in [0.3, 0.4) is 0 Å². The molecule has 0 aliphatic heterocycles. The van der Waals surface area contributed by atoms with Gasteiger partial charge in [0.1, 0.15) is 0 Å². The summed E-state index contributed by atoms with van der Waals surface area (Å²) in [5.41, 5.74) is 0. The summed E-state index contributed by atoms with van der Waals surface area (Å²) >= 11 is 0. The van der Waals surface area contributed by atoms with Crippen molar-refractivity contribution in [2.45, 2.75) is 32.3 Å².